The molecule has 0 aliphatic heterocycles. The summed E-state index contributed by atoms with van der Waals surface area (Å²) in [7, 11) is 1.79. The van der Waals surface area contributed by atoms with Gasteiger partial charge in [-0.3, -0.25) is 0 Å². The summed E-state index contributed by atoms with van der Waals surface area (Å²) in [4.78, 5) is 0. The van der Waals surface area contributed by atoms with Crippen LogP contribution in [0.2, 0.25) is 0 Å². The van der Waals surface area contributed by atoms with E-state index in [9.17, 15) is 0 Å². The average molecular weight is 227 g/mol. The van der Waals surface area contributed by atoms with Crippen molar-refractivity contribution in [2.24, 2.45) is 5.41 Å². The highest BCUT2D eigenvalue weighted by molar-refractivity contribution is 4.97. The van der Waals surface area contributed by atoms with E-state index in [-0.39, 0.29) is 0 Å². The molecule has 2 aliphatic carbocycles. The molecule has 0 aromatic rings. The SMILES string of the molecule is CCOC1CC(NCC2(CCOC)CC2)C1. The molecule has 0 heterocycles. The average Bonchev–Trinajstić information content (AvgIpc) is 2.99. The van der Waals surface area contributed by atoms with Gasteiger partial charge in [0.1, 0.15) is 0 Å². The van der Waals surface area contributed by atoms with E-state index in [1.165, 1.54) is 38.6 Å². The van der Waals surface area contributed by atoms with Crippen molar-refractivity contribution in [3.05, 3.63) is 0 Å². The molecule has 2 rings (SSSR count). The van der Waals surface area contributed by atoms with Gasteiger partial charge in [0.25, 0.3) is 0 Å². The molecule has 16 heavy (non-hydrogen) atoms. The first-order chi connectivity index (χ1) is 7.78. The van der Waals surface area contributed by atoms with Gasteiger partial charge >= 0.3 is 0 Å². The Kier molecular flexibility index (Phi) is 4.22. The molecule has 2 aliphatic rings. The molecule has 0 saturated heterocycles. The Hall–Kier alpha value is -0.120. The molecule has 2 saturated carbocycles. The Bertz CT molecular complexity index is 210. The standard InChI is InChI=1S/C13H25NO2/c1-3-16-12-8-11(9-12)14-10-13(4-5-13)6-7-15-2/h11-12,14H,3-10H2,1-2H3. The molecule has 3 nitrogen and oxygen atoms in total. The van der Waals surface area contributed by atoms with Gasteiger partial charge in [0.05, 0.1) is 6.10 Å². The van der Waals surface area contributed by atoms with Gasteiger partial charge in [-0.15, -0.1) is 0 Å². The second-order valence-electron chi connectivity index (χ2n) is 5.37. The van der Waals surface area contributed by atoms with Crippen LogP contribution >= 0.6 is 0 Å². The van der Waals surface area contributed by atoms with Crippen LogP contribution in [0.5, 0.6) is 0 Å². The van der Waals surface area contributed by atoms with Gasteiger partial charge in [0, 0.05) is 32.9 Å². The molecule has 3 heteroatoms. The van der Waals surface area contributed by atoms with Gasteiger partial charge in [-0.1, -0.05) is 0 Å². The zero-order valence-electron chi connectivity index (χ0n) is 10.6. The van der Waals surface area contributed by atoms with E-state index >= 15 is 0 Å². The van der Waals surface area contributed by atoms with Crippen molar-refractivity contribution < 1.29 is 9.47 Å². The van der Waals surface area contributed by atoms with E-state index in [4.69, 9.17) is 9.47 Å². The summed E-state index contributed by atoms with van der Waals surface area (Å²) in [6.07, 6.45) is 6.91. The maximum absolute atomic E-state index is 5.56. The summed E-state index contributed by atoms with van der Waals surface area (Å²) in [5.41, 5.74) is 0.576. The Balaban J connectivity index is 1.55. The Morgan fingerprint density at radius 3 is 2.62 bits per heavy atom. The van der Waals surface area contributed by atoms with Crippen LogP contribution in [0.3, 0.4) is 0 Å². The second kappa shape index (κ2) is 5.48. The number of methoxy groups -OCH3 is 1. The fraction of sp³-hybridized carbons (Fsp3) is 1.00. The lowest BCUT2D eigenvalue weighted by Gasteiger charge is -2.36. The fourth-order valence-electron chi connectivity index (χ4n) is 2.48. The van der Waals surface area contributed by atoms with Crippen LogP contribution in [0.4, 0.5) is 0 Å². The van der Waals surface area contributed by atoms with Crippen molar-refractivity contribution in [1.29, 1.82) is 0 Å². The highest BCUT2D eigenvalue weighted by atomic mass is 16.5. The molecule has 0 aromatic heterocycles. The zero-order valence-corrected chi connectivity index (χ0v) is 10.6. The van der Waals surface area contributed by atoms with E-state index in [0.717, 1.165) is 13.2 Å². The maximum atomic E-state index is 5.56. The van der Waals surface area contributed by atoms with Crippen molar-refractivity contribution in [2.75, 3.05) is 26.9 Å². The van der Waals surface area contributed by atoms with Crippen LogP contribution in [0, 0.1) is 5.41 Å². The highest BCUT2D eigenvalue weighted by Gasteiger charge is 2.42. The normalized spacial score (nSPS) is 31.1. The molecule has 1 N–H and O–H groups in total. The van der Waals surface area contributed by atoms with Crippen LogP contribution in [0.25, 0.3) is 0 Å². The van der Waals surface area contributed by atoms with E-state index < -0.39 is 0 Å². The fourth-order valence-corrected chi connectivity index (χ4v) is 2.48. The van der Waals surface area contributed by atoms with Crippen molar-refractivity contribution in [1.82, 2.24) is 5.32 Å². The van der Waals surface area contributed by atoms with Gasteiger partial charge in [-0.05, 0) is 44.4 Å². The van der Waals surface area contributed by atoms with E-state index in [2.05, 4.69) is 12.2 Å². The lowest BCUT2D eigenvalue weighted by atomic mass is 9.88. The van der Waals surface area contributed by atoms with Gasteiger partial charge in [-0.2, -0.15) is 0 Å². The van der Waals surface area contributed by atoms with Gasteiger partial charge < -0.3 is 14.8 Å². The van der Waals surface area contributed by atoms with Crippen molar-refractivity contribution >= 4 is 0 Å². The number of hydrogen-bond donors (Lipinski definition) is 1. The molecule has 2 fully saturated rings. The van der Waals surface area contributed by atoms with Crippen molar-refractivity contribution in [2.45, 2.75) is 51.2 Å². The minimum atomic E-state index is 0.525. The summed E-state index contributed by atoms with van der Waals surface area (Å²) in [6, 6.07) is 0.705. The molecule has 0 aromatic carbocycles. The Morgan fingerprint density at radius 2 is 2.06 bits per heavy atom. The van der Waals surface area contributed by atoms with Gasteiger partial charge in [0.2, 0.25) is 0 Å². The molecule has 0 spiro atoms. The third-order valence-corrected chi connectivity index (χ3v) is 4.06. The molecule has 0 amide bonds. The topological polar surface area (TPSA) is 30.5 Å². The molecule has 0 atom stereocenters. The van der Waals surface area contributed by atoms with E-state index in [0.29, 0.717) is 17.6 Å². The van der Waals surface area contributed by atoms with Crippen LogP contribution in [0.15, 0.2) is 0 Å². The zero-order chi connectivity index (χ0) is 11.4. The first-order valence-corrected chi connectivity index (χ1v) is 6.62. The quantitative estimate of drug-likeness (QED) is 0.687. The van der Waals surface area contributed by atoms with E-state index in [1.54, 1.807) is 7.11 Å². The van der Waals surface area contributed by atoms with Crippen LogP contribution in [0.1, 0.15) is 39.0 Å². The molecule has 0 unspecified atom stereocenters. The Labute approximate surface area is 98.9 Å². The summed E-state index contributed by atoms with van der Waals surface area (Å²) in [5.74, 6) is 0. The molecule has 94 valence electrons. The lowest BCUT2D eigenvalue weighted by molar-refractivity contribution is -0.0111. The predicted octanol–water partition coefficient (Wildman–Crippen LogP) is 1.96. The monoisotopic (exact) mass is 227 g/mol. The number of rotatable bonds is 8. The summed E-state index contributed by atoms with van der Waals surface area (Å²) in [5, 5.41) is 3.68. The number of ether oxygens (including phenoxy) is 2. The summed E-state index contributed by atoms with van der Waals surface area (Å²) >= 11 is 0. The van der Waals surface area contributed by atoms with Crippen LogP contribution < -0.4 is 5.32 Å². The van der Waals surface area contributed by atoms with Gasteiger partial charge in [0.15, 0.2) is 0 Å². The molecule has 0 radical (unpaired) electrons. The first-order valence-electron chi connectivity index (χ1n) is 6.62. The number of hydrogen-bond acceptors (Lipinski definition) is 3. The van der Waals surface area contributed by atoms with E-state index in [1.807, 2.05) is 0 Å². The summed E-state index contributed by atoms with van der Waals surface area (Å²) < 4.78 is 10.7. The second-order valence-corrected chi connectivity index (χ2v) is 5.37. The minimum absolute atomic E-state index is 0.525. The summed E-state index contributed by atoms with van der Waals surface area (Å²) in [6.45, 7) is 5.02. The third kappa shape index (κ3) is 3.19. The molecular weight excluding hydrogens is 202 g/mol. The van der Waals surface area contributed by atoms with Crippen molar-refractivity contribution in [3.63, 3.8) is 0 Å². The van der Waals surface area contributed by atoms with Crippen LogP contribution in [-0.2, 0) is 9.47 Å². The molecular formula is C13H25NO2. The van der Waals surface area contributed by atoms with Crippen molar-refractivity contribution in [3.8, 4) is 0 Å². The third-order valence-electron chi connectivity index (χ3n) is 4.06. The predicted molar refractivity (Wildman–Crippen MR) is 64.6 cm³/mol. The maximum Gasteiger partial charge on any atom is 0.0604 e. The minimum Gasteiger partial charge on any atom is -0.385 e. The Morgan fingerprint density at radius 1 is 1.31 bits per heavy atom. The smallest absolute Gasteiger partial charge is 0.0604 e. The largest absolute Gasteiger partial charge is 0.385 e. The number of nitrogens with one attached hydrogen (secondary N) is 1. The molecule has 0 bridgehead atoms. The highest BCUT2D eigenvalue weighted by Crippen LogP contribution is 2.48. The first kappa shape index (κ1) is 12.3. The van der Waals surface area contributed by atoms with Gasteiger partial charge in [-0.25, -0.2) is 0 Å². The van der Waals surface area contributed by atoms with Crippen LogP contribution in [-0.4, -0.2) is 39.0 Å². The lowest BCUT2D eigenvalue weighted by Crippen LogP contribution is -2.47.